The molecule has 18 heavy (non-hydrogen) atoms. The van der Waals surface area contributed by atoms with Crippen LogP contribution < -0.4 is 5.32 Å². The zero-order chi connectivity index (χ0) is 13.3. The Balaban J connectivity index is 2.31. The van der Waals surface area contributed by atoms with Crippen molar-refractivity contribution < 1.29 is 4.39 Å². The van der Waals surface area contributed by atoms with E-state index in [0.29, 0.717) is 22.4 Å². The average Bonchev–Trinajstić information content (AvgIpc) is 2.31. The summed E-state index contributed by atoms with van der Waals surface area (Å²) < 4.78 is 13.4. The molecule has 2 aromatic rings. The largest absolute Gasteiger partial charge is 0.324 e. The number of hydrogen-bond acceptors (Lipinski definition) is 3. The molecule has 0 aliphatic carbocycles. The molecule has 0 aliphatic heterocycles. The second-order valence-electron chi connectivity index (χ2n) is 4.14. The van der Waals surface area contributed by atoms with Gasteiger partial charge in [0, 0.05) is 16.9 Å². The molecule has 1 N–H and O–H groups in total. The molecule has 0 fully saturated rings. The molecule has 0 saturated heterocycles. The molecule has 0 unspecified atom stereocenters. The highest BCUT2D eigenvalue weighted by molar-refractivity contribution is 6.30. The Morgan fingerprint density at radius 3 is 2.50 bits per heavy atom. The van der Waals surface area contributed by atoms with E-state index in [1.54, 1.807) is 19.1 Å². The number of nitrogens with one attached hydrogen (secondary N) is 1. The Labute approximate surface area is 110 Å². The number of aryl methyl sites for hydroxylation is 2. The third-order valence-corrected chi connectivity index (χ3v) is 3.13. The zero-order valence-corrected chi connectivity index (χ0v) is 11.1. The lowest BCUT2D eigenvalue weighted by molar-refractivity contribution is 0.619. The first-order valence-corrected chi connectivity index (χ1v) is 5.89. The summed E-state index contributed by atoms with van der Waals surface area (Å²) in [5, 5.41) is 3.33. The maximum Gasteiger partial charge on any atom is 0.228 e. The minimum Gasteiger partial charge on any atom is -0.324 e. The normalized spacial score (nSPS) is 10.5. The summed E-state index contributed by atoms with van der Waals surface area (Å²) in [6.45, 7) is 5.42. The molecule has 0 spiro atoms. The molecule has 0 atom stereocenters. The van der Waals surface area contributed by atoms with Gasteiger partial charge in [-0.05, 0) is 38.5 Å². The fourth-order valence-corrected chi connectivity index (χ4v) is 1.67. The summed E-state index contributed by atoms with van der Waals surface area (Å²) in [4.78, 5) is 8.35. The lowest BCUT2D eigenvalue weighted by Crippen LogP contribution is -2.01. The Bertz CT molecular complexity index is 576. The van der Waals surface area contributed by atoms with Crippen molar-refractivity contribution in [2.45, 2.75) is 20.8 Å². The number of rotatable bonds is 2. The van der Waals surface area contributed by atoms with Gasteiger partial charge in [-0.25, -0.2) is 14.4 Å². The molecule has 0 radical (unpaired) electrons. The predicted molar refractivity (Wildman–Crippen MR) is 70.9 cm³/mol. The first-order valence-electron chi connectivity index (χ1n) is 5.51. The quantitative estimate of drug-likeness (QED) is 0.836. The van der Waals surface area contributed by atoms with Crippen LogP contribution in [0.2, 0.25) is 5.15 Å². The number of hydrogen-bond donors (Lipinski definition) is 1. The molecule has 3 nitrogen and oxygen atoms in total. The molecule has 5 heteroatoms. The van der Waals surface area contributed by atoms with Gasteiger partial charge in [0.15, 0.2) is 0 Å². The van der Waals surface area contributed by atoms with Crippen molar-refractivity contribution in [2.75, 3.05) is 5.32 Å². The van der Waals surface area contributed by atoms with Gasteiger partial charge in [-0.3, -0.25) is 0 Å². The van der Waals surface area contributed by atoms with Crippen LogP contribution in [0.4, 0.5) is 16.0 Å². The molecule has 1 heterocycles. The number of halogens is 2. The molecule has 94 valence electrons. The van der Waals surface area contributed by atoms with E-state index >= 15 is 0 Å². The van der Waals surface area contributed by atoms with Crippen LogP contribution in [0, 0.1) is 26.6 Å². The average molecular weight is 266 g/mol. The molecule has 0 amide bonds. The highest BCUT2D eigenvalue weighted by atomic mass is 35.5. The zero-order valence-electron chi connectivity index (χ0n) is 10.4. The Kier molecular flexibility index (Phi) is 3.48. The van der Waals surface area contributed by atoms with Crippen molar-refractivity contribution >= 4 is 23.2 Å². The summed E-state index contributed by atoms with van der Waals surface area (Å²) in [7, 11) is 0. The molecule has 0 aliphatic rings. The molecule has 1 aromatic carbocycles. The van der Waals surface area contributed by atoms with Crippen LogP contribution in [0.1, 0.15) is 16.8 Å². The predicted octanol–water partition coefficient (Wildman–Crippen LogP) is 3.94. The number of benzene rings is 1. The van der Waals surface area contributed by atoms with Gasteiger partial charge >= 0.3 is 0 Å². The van der Waals surface area contributed by atoms with E-state index in [2.05, 4.69) is 15.3 Å². The van der Waals surface area contributed by atoms with Crippen LogP contribution in [0.25, 0.3) is 0 Å². The molecular weight excluding hydrogens is 253 g/mol. The van der Waals surface area contributed by atoms with E-state index < -0.39 is 0 Å². The number of anilines is 2. The fourth-order valence-electron chi connectivity index (χ4n) is 1.45. The Morgan fingerprint density at radius 2 is 1.89 bits per heavy atom. The lowest BCUT2D eigenvalue weighted by atomic mass is 10.2. The second kappa shape index (κ2) is 4.90. The molecule has 0 bridgehead atoms. The van der Waals surface area contributed by atoms with Gasteiger partial charge in [-0.15, -0.1) is 0 Å². The van der Waals surface area contributed by atoms with Gasteiger partial charge in [0.1, 0.15) is 11.0 Å². The van der Waals surface area contributed by atoms with Crippen molar-refractivity contribution in [2.24, 2.45) is 0 Å². The lowest BCUT2D eigenvalue weighted by Gasteiger charge is -2.08. The summed E-state index contributed by atoms with van der Waals surface area (Å²) in [6.07, 6.45) is 0. The summed E-state index contributed by atoms with van der Waals surface area (Å²) >= 11 is 5.98. The van der Waals surface area contributed by atoms with E-state index in [0.717, 1.165) is 11.3 Å². The van der Waals surface area contributed by atoms with Crippen molar-refractivity contribution in [1.82, 2.24) is 9.97 Å². The molecule has 0 saturated carbocycles. The summed E-state index contributed by atoms with van der Waals surface area (Å²) in [6, 6.07) is 4.87. The minimum absolute atomic E-state index is 0.269. The van der Waals surface area contributed by atoms with Gasteiger partial charge in [0.05, 0.1) is 0 Å². The van der Waals surface area contributed by atoms with Gasteiger partial charge in [0.25, 0.3) is 0 Å². The van der Waals surface area contributed by atoms with Gasteiger partial charge in [-0.2, -0.15) is 0 Å². The highest BCUT2D eigenvalue weighted by Crippen LogP contribution is 2.21. The second-order valence-corrected chi connectivity index (χ2v) is 4.50. The van der Waals surface area contributed by atoms with E-state index in [9.17, 15) is 4.39 Å². The smallest absolute Gasteiger partial charge is 0.228 e. The molecule has 1 aromatic heterocycles. The number of aromatic nitrogens is 2. The summed E-state index contributed by atoms with van der Waals surface area (Å²) in [5.74, 6) is 0.0984. The maximum absolute atomic E-state index is 13.4. The van der Waals surface area contributed by atoms with Crippen molar-refractivity contribution in [3.63, 3.8) is 0 Å². The highest BCUT2D eigenvalue weighted by Gasteiger charge is 2.07. The van der Waals surface area contributed by atoms with Crippen LogP contribution in [-0.4, -0.2) is 9.97 Å². The maximum atomic E-state index is 13.4. The van der Waals surface area contributed by atoms with Crippen LogP contribution in [0.3, 0.4) is 0 Å². The first kappa shape index (κ1) is 12.8. The third-order valence-electron chi connectivity index (χ3n) is 2.76. The molecular formula is C13H13ClFN3. The van der Waals surface area contributed by atoms with Gasteiger partial charge in [0.2, 0.25) is 5.95 Å². The van der Waals surface area contributed by atoms with Crippen LogP contribution in [0.15, 0.2) is 18.2 Å². The fraction of sp³-hybridized carbons (Fsp3) is 0.231. The van der Waals surface area contributed by atoms with Crippen LogP contribution >= 0.6 is 11.6 Å². The minimum atomic E-state index is -0.269. The SMILES string of the molecule is Cc1ccc(Nc2nc(C)c(C)c(Cl)n2)cc1F. The van der Waals surface area contributed by atoms with Gasteiger partial charge < -0.3 is 5.32 Å². The number of nitrogens with zero attached hydrogens (tertiary/aromatic N) is 2. The monoisotopic (exact) mass is 265 g/mol. The van der Waals surface area contributed by atoms with E-state index in [1.807, 2.05) is 13.8 Å². The Morgan fingerprint density at radius 1 is 1.17 bits per heavy atom. The van der Waals surface area contributed by atoms with Crippen molar-refractivity contribution in [3.8, 4) is 0 Å². The molecule has 2 rings (SSSR count). The van der Waals surface area contributed by atoms with E-state index in [4.69, 9.17) is 11.6 Å². The van der Waals surface area contributed by atoms with Gasteiger partial charge in [-0.1, -0.05) is 17.7 Å². The third kappa shape index (κ3) is 2.59. The topological polar surface area (TPSA) is 37.8 Å². The standard InChI is InChI=1S/C13H13ClFN3/c1-7-4-5-10(6-11(7)15)17-13-16-9(3)8(2)12(14)18-13/h4-6H,1-3H3,(H,16,17,18). The van der Waals surface area contributed by atoms with Crippen LogP contribution in [0.5, 0.6) is 0 Å². The summed E-state index contributed by atoms with van der Waals surface area (Å²) in [5.41, 5.74) is 2.83. The van der Waals surface area contributed by atoms with Crippen LogP contribution in [-0.2, 0) is 0 Å². The van der Waals surface area contributed by atoms with Crippen molar-refractivity contribution in [3.05, 3.63) is 46.0 Å². The Hall–Kier alpha value is -1.68. The van der Waals surface area contributed by atoms with E-state index in [-0.39, 0.29) is 5.82 Å². The van der Waals surface area contributed by atoms with E-state index in [1.165, 1.54) is 6.07 Å². The van der Waals surface area contributed by atoms with Crippen molar-refractivity contribution in [1.29, 1.82) is 0 Å². The first-order chi connectivity index (χ1) is 8.47.